The van der Waals surface area contributed by atoms with E-state index < -0.39 is 33.6 Å². The van der Waals surface area contributed by atoms with Gasteiger partial charge >= 0.3 is 6.61 Å². The van der Waals surface area contributed by atoms with Crippen LogP contribution in [0.2, 0.25) is 0 Å². The first-order valence-electron chi connectivity index (χ1n) is 10.2. The number of nitrogens with one attached hydrogen (secondary N) is 1. The maximum atomic E-state index is 13.1. The van der Waals surface area contributed by atoms with Gasteiger partial charge in [-0.2, -0.15) is 8.78 Å². The molecular formula is C20H24F2N4O5S. The number of anilines is 2. The van der Waals surface area contributed by atoms with Crippen molar-refractivity contribution >= 4 is 21.3 Å². The minimum atomic E-state index is -3.79. The zero-order chi connectivity index (χ0) is 22.8. The minimum absolute atomic E-state index is 0.346. The monoisotopic (exact) mass is 470 g/mol. The van der Waals surface area contributed by atoms with Crippen molar-refractivity contribution in [1.29, 1.82) is 0 Å². The second kappa shape index (κ2) is 9.22. The minimum Gasteiger partial charge on any atom is -0.378 e. The Morgan fingerprint density at radius 3 is 2.47 bits per heavy atom. The largest absolute Gasteiger partial charge is 0.378 e. The van der Waals surface area contributed by atoms with Crippen molar-refractivity contribution in [3.63, 3.8) is 0 Å². The number of aromatic nitrogens is 2. The number of nitrogens with zero attached hydrogens (tertiary/aromatic N) is 3. The van der Waals surface area contributed by atoms with E-state index in [2.05, 4.69) is 20.2 Å². The van der Waals surface area contributed by atoms with Crippen LogP contribution >= 0.6 is 0 Å². The Kier molecular flexibility index (Phi) is 6.56. The van der Waals surface area contributed by atoms with Crippen molar-refractivity contribution in [1.82, 2.24) is 9.97 Å². The van der Waals surface area contributed by atoms with Gasteiger partial charge in [-0.15, -0.1) is 0 Å². The van der Waals surface area contributed by atoms with Crippen LogP contribution in [0.25, 0.3) is 11.4 Å². The van der Waals surface area contributed by atoms with Crippen LogP contribution in [-0.4, -0.2) is 68.9 Å². The second-order valence-corrected chi connectivity index (χ2v) is 10.1. The summed E-state index contributed by atoms with van der Waals surface area (Å²) in [7, 11) is -3.79. The summed E-state index contributed by atoms with van der Waals surface area (Å²) >= 11 is 0. The Balaban J connectivity index is 1.72. The number of ether oxygens (including phenoxy) is 2. The van der Waals surface area contributed by atoms with Gasteiger partial charge in [0.25, 0.3) is 0 Å². The second-order valence-electron chi connectivity index (χ2n) is 7.67. The van der Waals surface area contributed by atoms with Gasteiger partial charge in [0.2, 0.25) is 0 Å². The molecule has 1 aromatic carbocycles. The fourth-order valence-electron chi connectivity index (χ4n) is 3.73. The van der Waals surface area contributed by atoms with Crippen LogP contribution in [0.4, 0.5) is 20.3 Å². The van der Waals surface area contributed by atoms with Crippen molar-refractivity contribution in [2.45, 2.75) is 24.2 Å². The van der Waals surface area contributed by atoms with Gasteiger partial charge in [-0.25, -0.2) is 18.4 Å². The molecule has 0 amide bonds. The van der Waals surface area contributed by atoms with Gasteiger partial charge in [0.1, 0.15) is 10.6 Å². The van der Waals surface area contributed by atoms with E-state index >= 15 is 0 Å². The van der Waals surface area contributed by atoms with Gasteiger partial charge in [0, 0.05) is 24.7 Å². The first kappa shape index (κ1) is 22.8. The molecule has 1 aliphatic heterocycles. The lowest BCUT2D eigenvalue weighted by atomic mass is 10.1. The predicted molar refractivity (Wildman–Crippen MR) is 113 cm³/mol. The van der Waals surface area contributed by atoms with E-state index in [1.807, 2.05) is 4.90 Å². The fraction of sp³-hybridized carbons (Fsp3) is 0.500. The highest BCUT2D eigenvalue weighted by molar-refractivity contribution is 7.92. The molecule has 0 unspecified atom stereocenters. The first-order valence-corrected chi connectivity index (χ1v) is 11.8. The van der Waals surface area contributed by atoms with Gasteiger partial charge in [0.05, 0.1) is 37.0 Å². The molecule has 0 bridgehead atoms. The molecule has 12 heteroatoms. The first-order chi connectivity index (χ1) is 15.3. The summed E-state index contributed by atoms with van der Waals surface area (Å²) in [6.07, 6.45) is 0.715. The SMILES string of the molecule is O=S(=O)(CCOC(F)F)C1(c2cc(N3CCOCC3)nc(-c3ccc(NO)cc3)n2)CC1. The van der Waals surface area contributed by atoms with Crippen molar-refractivity contribution in [3.05, 3.63) is 36.0 Å². The number of benzene rings is 1. The molecule has 9 nitrogen and oxygen atoms in total. The van der Waals surface area contributed by atoms with Crippen LogP contribution in [-0.2, 0) is 24.1 Å². The lowest BCUT2D eigenvalue weighted by Gasteiger charge is -2.29. The molecule has 32 heavy (non-hydrogen) atoms. The highest BCUT2D eigenvalue weighted by Gasteiger charge is 2.57. The molecule has 1 aliphatic carbocycles. The third-order valence-electron chi connectivity index (χ3n) is 5.68. The standard InChI is InChI=1S/C20H24F2N4O5S/c21-19(22)31-11-12-32(28,29)20(5-6-20)16-13-17(26-7-9-30-10-8-26)24-18(23-16)14-1-3-15(25-27)4-2-14/h1-4,13,19,25,27H,5-12H2. The highest BCUT2D eigenvalue weighted by atomic mass is 32.2. The van der Waals surface area contributed by atoms with E-state index in [9.17, 15) is 17.2 Å². The molecule has 0 radical (unpaired) electrons. The Morgan fingerprint density at radius 2 is 1.88 bits per heavy atom. The normalized spacial score (nSPS) is 18.1. The van der Waals surface area contributed by atoms with Crippen LogP contribution in [0.3, 0.4) is 0 Å². The summed E-state index contributed by atoms with van der Waals surface area (Å²) in [6.45, 7) is -1.34. The average Bonchev–Trinajstić information content (AvgIpc) is 3.62. The lowest BCUT2D eigenvalue weighted by Crippen LogP contribution is -2.37. The van der Waals surface area contributed by atoms with E-state index in [0.29, 0.717) is 67.7 Å². The Bertz CT molecular complexity index is 1040. The van der Waals surface area contributed by atoms with E-state index in [-0.39, 0.29) is 0 Å². The number of alkyl halides is 2. The molecule has 0 spiro atoms. The summed E-state index contributed by atoms with van der Waals surface area (Å²) in [4.78, 5) is 11.2. The van der Waals surface area contributed by atoms with Crippen LogP contribution in [0.5, 0.6) is 0 Å². The molecular weight excluding hydrogens is 446 g/mol. The molecule has 1 saturated heterocycles. The maximum absolute atomic E-state index is 13.1. The highest BCUT2D eigenvalue weighted by Crippen LogP contribution is 2.53. The Labute approximate surface area is 184 Å². The molecule has 2 fully saturated rings. The van der Waals surface area contributed by atoms with Crippen molar-refractivity contribution in [2.24, 2.45) is 0 Å². The smallest absolute Gasteiger partial charge is 0.345 e. The van der Waals surface area contributed by atoms with Crippen LogP contribution in [0.15, 0.2) is 30.3 Å². The third-order valence-corrected chi connectivity index (χ3v) is 8.19. The summed E-state index contributed by atoms with van der Waals surface area (Å²) in [5, 5.41) is 9.04. The average molecular weight is 470 g/mol. The number of halogens is 2. The lowest BCUT2D eigenvalue weighted by molar-refractivity contribution is -0.123. The van der Waals surface area contributed by atoms with Crippen LogP contribution in [0, 0.1) is 0 Å². The predicted octanol–water partition coefficient (Wildman–Crippen LogP) is 2.42. The summed E-state index contributed by atoms with van der Waals surface area (Å²) in [5.74, 6) is 0.419. The van der Waals surface area contributed by atoms with Gasteiger partial charge < -0.3 is 14.4 Å². The molecule has 1 aromatic heterocycles. The quantitative estimate of drug-likeness (QED) is 0.533. The summed E-state index contributed by atoms with van der Waals surface area (Å²) in [5.41, 5.74) is 3.54. The molecule has 2 aliphatic rings. The number of hydrogen-bond acceptors (Lipinski definition) is 9. The van der Waals surface area contributed by atoms with Crippen LogP contribution < -0.4 is 10.4 Å². The zero-order valence-corrected chi connectivity index (χ0v) is 18.0. The fourth-order valence-corrected chi connectivity index (χ4v) is 5.58. The van der Waals surface area contributed by atoms with E-state index in [1.54, 1.807) is 30.3 Å². The topological polar surface area (TPSA) is 114 Å². The maximum Gasteiger partial charge on any atom is 0.345 e. The van der Waals surface area contributed by atoms with Gasteiger partial charge in [-0.1, -0.05) is 0 Å². The summed E-state index contributed by atoms with van der Waals surface area (Å²) in [6, 6.07) is 8.39. The zero-order valence-electron chi connectivity index (χ0n) is 17.2. The van der Waals surface area contributed by atoms with Crippen molar-refractivity contribution in [3.8, 4) is 11.4 Å². The molecule has 2 aromatic rings. The Hall–Kier alpha value is -2.41. The van der Waals surface area contributed by atoms with E-state index in [0.717, 1.165) is 0 Å². The third kappa shape index (κ3) is 4.68. The van der Waals surface area contributed by atoms with E-state index in [4.69, 9.17) is 9.94 Å². The molecule has 174 valence electrons. The Morgan fingerprint density at radius 1 is 1.19 bits per heavy atom. The number of sulfone groups is 1. The number of morpholine rings is 1. The molecule has 1 saturated carbocycles. The van der Waals surface area contributed by atoms with Gasteiger partial charge in [-0.3, -0.25) is 10.7 Å². The number of rotatable bonds is 9. The molecule has 0 atom stereocenters. The van der Waals surface area contributed by atoms with Crippen molar-refractivity contribution in [2.75, 3.05) is 49.0 Å². The number of hydrogen-bond donors (Lipinski definition) is 2. The molecule has 4 rings (SSSR count). The molecule has 2 heterocycles. The molecule has 2 N–H and O–H groups in total. The summed E-state index contributed by atoms with van der Waals surface area (Å²) < 4.78 is 59.1. The van der Waals surface area contributed by atoms with Gasteiger partial charge in [0.15, 0.2) is 15.7 Å². The van der Waals surface area contributed by atoms with Gasteiger partial charge in [-0.05, 0) is 37.1 Å². The van der Waals surface area contributed by atoms with Crippen molar-refractivity contribution < 1.29 is 31.9 Å². The van der Waals surface area contributed by atoms with Crippen LogP contribution in [0.1, 0.15) is 18.5 Å². The van der Waals surface area contributed by atoms with E-state index in [1.165, 1.54) is 0 Å².